The third-order valence-corrected chi connectivity index (χ3v) is 11.1. The van der Waals surface area contributed by atoms with Gasteiger partial charge in [-0.2, -0.15) is 0 Å². The third-order valence-electron chi connectivity index (χ3n) is 10.4. The Bertz CT molecular complexity index is 1600. The molecule has 0 radical (unpaired) electrons. The Labute approximate surface area is 327 Å². The Morgan fingerprint density at radius 2 is 1.56 bits per heavy atom. The first-order valence-corrected chi connectivity index (χ1v) is 19.6. The van der Waals surface area contributed by atoms with Crippen LogP contribution >= 0.6 is 23.2 Å². The van der Waals surface area contributed by atoms with E-state index in [1.165, 1.54) is 6.08 Å². The molecule has 1 unspecified atom stereocenters. The van der Waals surface area contributed by atoms with Crippen molar-refractivity contribution in [1.29, 1.82) is 0 Å². The van der Waals surface area contributed by atoms with Gasteiger partial charge in [0.25, 0.3) is 0 Å². The fraction of sp³-hybridized carbons (Fsp3) is 0.525. The minimum Gasteiger partial charge on any atom is -0.480 e. The quantitative estimate of drug-likeness (QED) is 0.104. The highest BCUT2D eigenvalue weighted by Gasteiger charge is 2.47. The van der Waals surface area contributed by atoms with Crippen LogP contribution in [0.15, 0.2) is 54.6 Å². The van der Waals surface area contributed by atoms with Gasteiger partial charge in [-0.15, -0.1) is 0 Å². The number of hydrogen-bond donors (Lipinski definition) is 5. The van der Waals surface area contributed by atoms with Gasteiger partial charge in [-0.1, -0.05) is 91.7 Å². The number of amides is 4. The molecule has 2 aromatic rings. The molecule has 294 valence electrons. The number of ether oxygens (including phenoxy) is 1. The van der Waals surface area contributed by atoms with Crippen molar-refractivity contribution >= 4 is 58.9 Å². The predicted molar refractivity (Wildman–Crippen MR) is 209 cm³/mol. The second-order valence-corrected chi connectivity index (χ2v) is 14.9. The molecule has 54 heavy (non-hydrogen) atoms. The van der Waals surface area contributed by atoms with Gasteiger partial charge in [-0.25, -0.2) is 4.79 Å². The van der Waals surface area contributed by atoms with E-state index in [-0.39, 0.29) is 17.7 Å². The first-order chi connectivity index (χ1) is 26.0. The number of hydrogen-bond acceptors (Lipinski definition) is 7. The van der Waals surface area contributed by atoms with Crippen LogP contribution in [0.3, 0.4) is 0 Å². The summed E-state index contributed by atoms with van der Waals surface area (Å²) in [6, 6.07) is 13.9. The van der Waals surface area contributed by atoms with Crippen LogP contribution in [-0.4, -0.2) is 97.6 Å². The van der Waals surface area contributed by atoms with Crippen molar-refractivity contribution in [1.82, 2.24) is 26.2 Å². The van der Waals surface area contributed by atoms with Gasteiger partial charge in [0, 0.05) is 39.2 Å². The van der Waals surface area contributed by atoms with Gasteiger partial charge in [0.05, 0.1) is 23.3 Å². The molecule has 0 spiro atoms. The fourth-order valence-corrected chi connectivity index (χ4v) is 7.51. The Hall–Kier alpha value is -3.97. The lowest BCUT2D eigenvalue weighted by Gasteiger charge is -2.35. The SMILES string of the molecule is CNC(=O)C1(C(=O)NC(Cc2ccccc2)C(=O)NCCCN2CCOCC2)CCCCC1.O=C(C=Cc1ccc(Cl)c(Cl)c1)NC1(C(=O)O)CCCC1. The predicted octanol–water partition coefficient (Wildman–Crippen LogP) is 4.77. The van der Waals surface area contributed by atoms with Crippen LogP contribution in [0.1, 0.15) is 75.3 Å². The lowest BCUT2D eigenvalue weighted by molar-refractivity contribution is -0.147. The number of aliphatic carboxylic acids is 1. The molecule has 1 aliphatic heterocycles. The summed E-state index contributed by atoms with van der Waals surface area (Å²) in [5.74, 6) is -2.21. The maximum Gasteiger partial charge on any atom is 0.329 e. The first-order valence-electron chi connectivity index (χ1n) is 18.8. The fourth-order valence-electron chi connectivity index (χ4n) is 7.21. The van der Waals surface area contributed by atoms with Crippen molar-refractivity contribution in [2.45, 2.75) is 82.2 Å². The second-order valence-electron chi connectivity index (χ2n) is 14.1. The zero-order valence-corrected chi connectivity index (χ0v) is 32.5. The summed E-state index contributed by atoms with van der Waals surface area (Å²) in [4.78, 5) is 64.8. The molecule has 1 heterocycles. The molecule has 0 bridgehead atoms. The molecule has 2 aromatic carbocycles. The zero-order chi connectivity index (χ0) is 39.0. The normalized spacial score (nSPS) is 18.4. The minimum atomic E-state index is -1.13. The molecule has 5 N–H and O–H groups in total. The van der Waals surface area contributed by atoms with E-state index in [0.717, 1.165) is 82.5 Å². The largest absolute Gasteiger partial charge is 0.480 e. The van der Waals surface area contributed by atoms with E-state index in [1.54, 1.807) is 31.3 Å². The number of carboxylic acid groups (broad SMARTS) is 1. The van der Waals surface area contributed by atoms with Gasteiger partial charge in [-0.05, 0) is 68.0 Å². The number of nitrogens with one attached hydrogen (secondary N) is 4. The molecule has 4 amide bonds. The molecular weight excluding hydrogens is 733 g/mol. The number of nitrogens with zero attached hydrogens (tertiary/aromatic N) is 1. The van der Waals surface area contributed by atoms with Crippen LogP contribution in [0.2, 0.25) is 10.0 Å². The number of rotatable bonds is 14. The number of halogens is 2. The maximum absolute atomic E-state index is 13.4. The van der Waals surface area contributed by atoms with Crippen molar-refractivity contribution < 1.29 is 33.8 Å². The van der Waals surface area contributed by atoms with Crippen LogP contribution in [0, 0.1) is 5.41 Å². The Kier molecular flexibility index (Phi) is 16.8. The molecule has 2 saturated carbocycles. The Morgan fingerprint density at radius 3 is 2.19 bits per heavy atom. The van der Waals surface area contributed by atoms with E-state index in [2.05, 4.69) is 26.2 Å². The van der Waals surface area contributed by atoms with Gasteiger partial charge < -0.3 is 31.1 Å². The molecular formula is C40H53Cl2N5O7. The number of carbonyl (C=O) groups excluding carboxylic acids is 4. The summed E-state index contributed by atoms with van der Waals surface area (Å²) in [5, 5.41) is 21.3. The zero-order valence-electron chi connectivity index (χ0n) is 31.0. The Morgan fingerprint density at radius 1 is 0.889 bits per heavy atom. The molecule has 2 aliphatic carbocycles. The lowest BCUT2D eigenvalue weighted by atomic mass is 9.72. The van der Waals surface area contributed by atoms with Crippen molar-refractivity contribution in [2.75, 3.05) is 46.4 Å². The summed E-state index contributed by atoms with van der Waals surface area (Å²) in [6.07, 6.45) is 10.3. The average molecular weight is 787 g/mol. The molecule has 3 fully saturated rings. The van der Waals surface area contributed by atoms with E-state index in [4.69, 9.17) is 27.9 Å². The molecule has 3 aliphatic rings. The summed E-state index contributed by atoms with van der Waals surface area (Å²) < 4.78 is 5.37. The third kappa shape index (κ3) is 12.3. The van der Waals surface area contributed by atoms with Crippen LogP contribution < -0.4 is 21.3 Å². The van der Waals surface area contributed by atoms with Crippen LogP contribution in [-0.2, 0) is 35.1 Å². The van der Waals surface area contributed by atoms with Crippen LogP contribution in [0.4, 0.5) is 0 Å². The van der Waals surface area contributed by atoms with E-state index < -0.39 is 28.9 Å². The highest BCUT2D eigenvalue weighted by molar-refractivity contribution is 6.42. The van der Waals surface area contributed by atoms with Gasteiger partial charge in [0.2, 0.25) is 23.6 Å². The second kappa shape index (κ2) is 21.2. The van der Waals surface area contributed by atoms with Crippen molar-refractivity contribution in [2.24, 2.45) is 5.41 Å². The summed E-state index contributed by atoms with van der Waals surface area (Å²) in [6.45, 7) is 4.79. The highest BCUT2D eigenvalue weighted by atomic mass is 35.5. The van der Waals surface area contributed by atoms with E-state index >= 15 is 0 Å². The number of morpholine rings is 1. The Balaban J connectivity index is 0.000000266. The van der Waals surface area contributed by atoms with E-state index in [9.17, 15) is 29.1 Å². The highest BCUT2D eigenvalue weighted by Crippen LogP contribution is 2.37. The topological polar surface area (TPSA) is 166 Å². The number of carbonyl (C=O) groups is 5. The summed E-state index contributed by atoms with van der Waals surface area (Å²) in [7, 11) is 1.56. The number of carboxylic acids is 1. The lowest BCUT2D eigenvalue weighted by Crippen LogP contribution is -2.57. The van der Waals surface area contributed by atoms with Crippen LogP contribution in [0.25, 0.3) is 6.08 Å². The van der Waals surface area contributed by atoms with Crippen molar-refractivity contribution in [3.8, 4) is 0 Å². The number of benzene rings is 2. The van der Waals surface area contributed by atoms with Gasteiger partial charge in [0.15, 0.2) is 0 Å². The van der Waals surface area contributed by atoms with Crippen molar-refractivity contribution in [3.63, 3.8) is 0 Å². The molecule has 1 saturated heterocycles. The van der Waals surface area contributed by atoms with Gasteiger partial charge in [0.1, 0.15) is 17.0 Å². The molecule has 1 atom stereocenters. The molecule has 12 nitrogen and oxygen atoms in total. The summed E-state index contributed by atoms with van der Waals surface area (Å²) in [5.41, 5.74) is -0.545. The monoisotopic (exact) mass is 785 g/mol. The van der Waals surface area contributed by atoms with Crippen molar-refractivity contribution in [3.05, 3.63) is 75.8 Å². The average Bonchev–Trinajstić information content (AvgIpc) is 3.67. The first kappa shape index (κ1) is 42.8. The summed E-state index contributed by atoms with van der Waals surface area (Å²) >= 11 is 11.7. The smallest absolute Gasteiger partial charge is 0.329 e. The van der Waals surface area contributed by atoms with E-state index in [0.29, 0.717) is 48.7 Å². The minimum absolute atomic E-state index is 0.211. The molecule has 0 aromatic heterocycles. The standard InChI is InChI=1S/C25H38N4O4.C15H15Cl2NO3/c1-26-23(31)25(11-6-3-7-12-25)24(32)28-21(19-20-9-4-2-5-10-20)22(30)27-13-8-14-29-15-17-33-18-16-29;16-11-5-3-10(9-12(11)17)4-6-13(19)18-15(14(20)21)7-1-2-8-15/h2,4-5,9-10,21H,3,6-8,11-19H2,1H3,(H,26,31)(H,27,30)(H,28,32);3-6,9H,1-2,7-8H2,(H,18,19)(H,20,21). The molecule has 5 rings (SSSR count). The maximum atomic E-state index is 13.4. The van der Waals surface area contributed by atoms with Gasteiger partial charge >= 0.3 is 5.97 Å². The van der Waals surface area contributed by atoms with Gasteiger partial charge in [-0.3, -0.25) is 24.1 Å². The van der Waals surface area contributed by atoms with Crippen LogP contribution in [0.5, 0.6) is 0 Å². The van der Waals surface area contributed by atoms with E-state index in [1.807, 2.05) is 30.3 Å². The molecule has 14 heteroatoms.